The molecule has 0 aliphatic rings. The van der Waals surface area contributed by atoms with E-state index in [2.05, 4.69) is 25.9 Å². The number of carbonyl (C=O) groups is 1. The van der Waals surface area contributed by atoms with Crippen LogP contribution in [0.3, 0.4) is 0 Å². The lowest BCUT2D eigenvalue weighted by molar-refractivity contribution is 0.0953. The normalized spacial score (nSPS) is 10.5. The Morgan fingerprint density at radius 2 is 1.83 bits per heavy atom. The third-order valence-corrected chi connectivity index (χ3v) is 4.20. The molecular formula is C21H25N5O3. The van der Waals surface area contributed by atoms with Crippen LogP contribution in [0, 0.1) is 20.8 Å². The molecule has 3 N–H and O–H groups in total. The molecule has 29 heavy (non-hydrogen) atoms. The summed E-state index contributed by atoms with van der Waals surface area (Å²) in [7, 11) is 1.63. The molecule has 2 heterocycles. The van der Waals surface area contributed by atoms with Gasteiger partial charge in [-0.05, 0) is 51.1 Å². The maximum Gasteiger partial charge on any atom is 0.254 e. The molecule has 8 heteroatoms. The Bertz CT molecular complexity index is 982. The molecule has 2 aromatic heterocycles. The first-order valence-electron chi connectivity index (χ1n) is 9.30. The number of hydrogen-bond donors (Lipinski definition) is 3. The number of carbonyl (C=O) groups excluding carboxylic acids is 1. The molecular weight excluding hydrogens is 370 g/mol. The first kappa shape index (κ1) is 20.2. The van der Waals surface area contributed by atoms with Crippen molar-refractivity contribution in [2.75, 3.05) is 30.8 Å². The van der Waals surface area contributed by atoms with E-state index in [0.29, 0.717) is 36.2 Å². The van der Waals surface area contributed by atoms with Gasteiger partial charge in [0.15, 0.2) is 0 Å². The largest absolute Gasteiger partial charge is 0.497 e. The van der Waals surface area contributed by atoms with Crippen molar-refractivity contribution in [3.8, 4) is 5.75 Å². The van der Waals surface area contributed by atoms with Crippen LogP contribution in [0.1, 0.15) is 27.6 Å². The summed E-state index contributed by atoms with van der Waals surface area (Å²) in [5.74, 6) is 3.14. The monoisotopic (exact) mass is 395 g/mol. The van der Waals surface area contributed by atoms with Crippen LogP contribution in [0.15, 0.2) is 40.8 Å². The molecule has 0 unspecified atom stereocenters. The topological polar surface area (TPSA) is 101 Å². The summed E-state index contributed by atoms with van der Waals surface area (Å²) in [4.78, 5) is 21.1. The minimum atomic E-state index is -0.159. The molecule has 0 spiro atoms. The van der Waals surface area contributed by atoms with Gasteiger partial charge >= 0.3 is 0 Å². The minimum Gasteiger partial charge on any atom is -0.497 e. The van der Waals surface area contributed by atoms with Crippen LogP contribution in [0.5, 0.6) is 5.75 Å². The van der Waals surface area contributed by atoms with Crippen molar-refractivity contribution >= 4 is 23.4 Å². The first-order chi connectivity index (χ1) is 13.9. The van der Waals surface area contributed by atoms with Gasteiger partial charge in [0.2, 0.25) is 5.95 Å². The highest BCUT2D eigenvalue weighted by atomic mass is 16.5. The highest BCUT2D eigenvalue weighted by Crippen LogP contribution is 2.20. The molecule has 8 nitrogen and oxygen atoms in total. The lowest BCUT2D eigenvalue weighted by atomic mass is 10.2. The van der Waals surface area contributed by atoms with E-state index in [4.69, 9.17) is 9.15 Å². The molecule has 1 aromatic carbocycles. The highest BCUT2D eigenvalue weighted by Gasteiger charge is 2.12. The van der Waals surface area contributed by atoms with Gasteiger partial charge in [-0.25, -0.2) is 4.98 Å². The first-order valence-corrected chi connectivity index (χ1v) is 9.30. The summed E-state index contributed by atoms with van der Waals surface area (Å²) in [5, 5.41) is 9.24. The maximum atomic E-state index is 12.2. The third-order valence-electron chi connectivity index (χ3n) is 4.20. The van der Waals surface area contributed by atoms with Gasteiger partial charge in [-0.3, -0.25) is 4.79 Å². The van der Waals surface area contributed by atoms with Crippen molar-refractivity contribution in [3.63, 3.8) is 0 Å². The molecule has 1 amide bonds. The van der Waals surface area contributed by atoms with Gasteiger partial charge < -0.3 is 25.1 Å². The van der Waals surface area contributed by atoms with Crippen molar-refractivity contribution < 1.29 is 13.9 Å². The third kappa shape index (κ3) is 5.47. The number of rotatable bonds is 8. The fourth-order valence-corrected chi connectivity index (χ4v) is 2.84. The van der Waals surface area contributed by atoms with E-state index in [1.807, 2.05) is 44.2 Å². The van der Waals surface area contributed by atoms with E-state index in [1.165, 1.54) is 0 Å². The Labute approximate surface area is 169 Å². The van der Waals surface area contributed by atoms with Crippen molar-refractivity contribution in [3.05, 3.63) is 59.2 Å². The van der Waals surface area contributed by atoms with Gasteiger partial charge in [0.1, 0.15) is 23.1 Å². The number of benzene rings is 1. The molecule has 0 aliphatic carbocycles. The smallest absolute Gasteiger partial charge is 0.254 e. The predicted molar refractivity (Wildman–Crippen MR) is 112 cm³/mol. The van der Waals surface area contributed by atoms with E-state index in [-0.39, 0.29) is 5.91 Å². The fraction of sp³-hybridized carbons (Fsp3) is 0.286. The molecule has 0 radical (unpaired) electrons. The Morgan fingerprint density at radius 3 is 2.48 bits per heavy atom. The van der Waals surface area contributed by atoms with Gasteiger partial charge in [0, 0.05) is 30.5 Å². The summed E-state index contributed by atoms with van der Waals surface area (Å²) < 4.78 is 10.6. The zero-order valence-electron chi connectivity index (χ0n) is 17.0. The summed E-state index contributed by atoms with van der Waals surface area (Å²) in [6, 6.07) is 11.2. The maximum absolute atomic E-state index is 12.2. The molecule has 0 aliphatic heterocycles. The number of nitrogens with one attached hydrogen (secondary N) is 3. The van der Waals surface area contributed by atoms with Crippen LogP contribution in [0.25, 0.3) is 0 Å². The van der Waals surface area contributed by atoms with Crippen molar-refractivity contribution in [1.29, 1.82) is 0 Å². The predicted octanol–water partition coefficient (Wildman–Crippen LogP) is 3.59. The number of ether oxygens (including phenoxy) is 1. The fourth-order valence-electron chi connectivity index (χ4n) is 2.84. The second-order valence-electron chi connectivity index (χ2n) is 6.58. The second kappa shape index (κ2) is 9.09. The van der Waals surface area contributed by atoms with Crippen LogP contribution in [-0.2, 0) is 0 Å². The Morgan fingerprint density at radius 1 is 1.07 bits per heavy atom. The summed E-state index contributed by atoms with van der Waals surface area (Å²) >= 11 is 0. The SMILES string of the molecule is COc1ccc(Nc2cc(C)nc(NCCNC(=O)c3cc(C)oc3C)n2)cc1. The zero-order chi connectivity index (χ0) is 20.8. The molecule has 0 fully saturated rings. The van der Waals surface area contributed by atoms with Crippen molar-refractivity contribution in [2.45, 2.75) is 20.8 Å². The average molecular weight is 395 g/mol. The van der Waals surface area contributed by atoms with Crippen LogP contribution in [-0.4, -0.2) is 36.1 Å². The standard InChI is InChI=1S/C21H25N5O3/c1-13-11-19(25-16-5-7-17(28-4)8-6-16)26-21(24-13)23-10-9-22-20(27)18-12-14(2)29-15(18)3/h5-8,11-12H,9-10H2,1-4H3,(H,22,27)(H2,23,24,25,26). The highest BCUT2D eigenvalue weighted by molar-refractivity contribution is 5.95. The lowest BCUT2D eigenvalue weighted by Gasteiger charge is -2.11. The second-order valence-corrected chi connectivity index (χ2v) is 6.58. The van der Waals surface area contributed by atoms with Crippen LogP contribution in [0.2, 0.25) is 0 Å². The Hall–Kier alpha value is -3.55. The summed E-state index contributed by atoms with van der Waals surface area (Å²) in [6.45, 7) is 6.42. The number of methoxy groups -OCH3 is 1. The summed E-state index contributed by atoms with van der Waals surface area (Å²) in [6.07, 6.45) is 0. The number of aryl methyl sites for hydroxylation is 3. The van der Waals surface area contributed by atoms with Crippen LogP contribution in [0.4, 0.5) is 17.5 Å². The van der Waals surface area contributed by atoms with E-state index >= 15 is 0 Å². The van der Waals surface area contributed by atoms with E-state index < -0.39 is 0 Å². The summed E-state index contributed by atoms with van der Waals surface area (Å²) in [5.41, 5.74) is 2.28. The number of amides is 1. The number of aromatic nitrogens is 2. The van der Waals surface area contributed by atoms with Gasteiger partial charge in [0.25, 0.3) is 5.91 Å². The molecule has 3 rings (SSSR count). The molecule has 0 saturated heterocycles. The van der Waals surface area contributed by atoms with Gasteiger partial charge in [-0.2, -0.15) is 4.98 Å². The number of anilines is 3. The molecule has 3 aromatic rings. The number of furan rings is 1. The average Bonchev–Trinajstić information content (AvgIpc) is 3.03. The zero-order valence-corrected chi connectivity index (χ0v) is 17.0. The minimum absolute atomic E-state index is 0.159. The number of hydrogen-bond acceptors (Lipinski definition) is 7. The molecule has 0 bridgehead atoms. The van der Waals surface area contributed by atoms with E-state index in [0.717, 1.165) is 22.9 Å². The van der Waals surface area contributed by atoms with Crippen molar-refractivity contribution in [1.82, 2.24) is 15.3 Å². The van der Waals surface area contributed by atoms with E-state index in [1.54, 1.807) is 20.1 Å². The van der Waals surface area contributed by atoms with Gasteiger partial charge in [0.05, 0.1) is 12.7 Å². The Balaban J connectivity index is 1.54. The van der Waals surface area contributed by atoms with Crippen molar-refractivity contribution in [2.24, 2.45) is 0 Å². The molecule has 0 atom stereocenters. The van der Waals surface area contributed by atoms with Crippen LogP contribution < -0.4 is 20.7 Å². The molecule has 152 valence electrons. The van der Waals surface area contributed by atoms with Gasteiger partial charge in [-0.15, -0.1) is 0 Å². The van der Waals surface area contributed by atoms with Gasteiger partial charge in [-0.1, -0.05) is 0 Å². The van der Waals surface area contributed by atoms with E-state index in [9.17, 15) is 4.79 Å². The quantitative estimate of drug-likeness (QED) is 0.501. The lowest BCUT2D eigenvalue weighted by Crippen LogP contribution is -2.29. The van der Waals surface area contributed by atoms with Crippen LogP contribution >= 0.6 is 0 Å². The number of nitrogens with zero attached hydrogens (tertiary/aromatic N) is 2. The molecule has 0 saturated carbocycles. The Kier molecular flexibility index (Phi) is 6.33.